The third kappa shape index (κ3) is 4.55. The lowest BCUT2D eigenvalue weighted by molar-refractivity contribution is 0.468. The number of hydrazine groups is 1. The van der Waals surface area contributed by atoms with Gasteiger partial charge in [-0.25, -0.2) is 15.2 Å². The van der Waals surface area contributed by atoms with E-state index in [1.807, 2.05) is 0 Å². The number of aromatic hydroxyl groups is 1. The molecule has 0 fully saturated rings. The van der Waals surface area contributed by atoms with E-state index in [4.69, 9.17) is 22.5 Å². The first kappa shape index (κ1) is 14.3. The molecule has 8 N–H and O–H groups in total. The fourth-order valence-electron chi connectivity index (χ4n) is 1.11. The molecule has 0 aliphatic rings. The SMILES string of the molecule is NN=NC(=NC(N)=NCc1ccc(O)cc1F)NN. The molecule has 1 aromatic rings. The number of nitrogens with two attached hydrogens (primary N) is 3. The Balaban J connectivity index is 2.80. The summed E-state index contributed by atoms with van der Waals surface area (Å²) in [5.74, 6) is 8.77. The van der Waals surface area contributed by atoms with Crippen molar-refractivity contribution < 1.29 is 9.50 Å². The molecule has 10 heteroatoms. The van der Waals surface area contributed by atoms with Crippen LogP contribution in [0.2, 0.25) is 0 Å². The van der Waals surface area contributed by atoms with E-state index in [0.29, 0.717) is 0 Å². The molecule has 9 nitrogen and oxygen atoms in total. The number of guanidine groups is 2. The maximum atomic E-state index is 13.4. The van der Waals surface area contributed by atoms with Crippen molar-refractivity contribution in [2.75, 3.05) is 0 Å². The van der Waals surface area contributed by atoms with Crippen molar-refractivity contribution in [3.63, 3.8) is 0 Å². The first-order valence-corrected chi connectivity index (χ1v) is 5.00. The molecule has 0 bridgehead atoms. The summed E-state index contributed by atoms with van der Waals surface area (Å²) in [5.41, 5.74) is 7.80. The minimum Gasteiger partial charge on any atom is -0.508 e. The zero-order chi connectivity index (χ0) is 14.3. The predicted molar refractivity (Wildman–Crippen MR) is 67.2 cm³/mol. The van der Waals surface area contributed by atoms with E-state index in [0.717, 1.165) is 6.07 Å². The van der Waals surface area contributed by atoms with Crippen molar-refractivity contribution in [3.8, 4) is 5.75 Å². The van der Waals surface area contributed by atoms with Crippen molar-refractivity contribution in [2.45, 2.75) is 6.54 Å². The molecule has 0 spiro atoms. The molecular weight excluding hydrogens is 255 g/mol. The molecule has 0 aromatic heterocycles. The molecule has 102 valence electrons. The van der Waals surface area contributed by atoms with E-state index < -0.39 is 5.82 Å². The zero-order valence-corrected chi connectivity index (χ0v) is 9.79. The molecule has 0 atom stereocenters. The molecule has 0 saturated heterocycles. The normalized spacial score (nSPS) is 12.9. The molecule has 0 aliphatic heterocycles. The van der Waals surface area contributed by atoms with Crippen molar-refractivity contribution in [2.24, 2.45) is 37.7 Å². The summed E-state index contributed by atoms with van der Waals surface area (Å²) >= 11 is 0. The number of rotatable bonds is 2. The third-order valence-electron chi connectivity index (χ3n) is 1.95. The summed E-state index contributed by atoms with van der Waals surface area (Å²) in [6, 6.07) is 3.69. The Hall–Kier alpha value is -2.75. The minimum absolute atomic E-state index is 0.0565. The maximum Gasteiger partial charge on any atom is 0.261 e. The highest BCUT2D eigenvalue weighted by Crippen LogP contribution is 2.15. The molecule has 0 saturated carbocycles. The van der Waals surface area contributed by atoms with Crippen LogP contribution in [-0.2, 0) is 6.54 Å². The Bertz CT molecular complexity index is 527. The van der Waals surface area contributed by atoms with Gasteiger partial charge >= 0.3 is 0 Å². The topological polar surface area (TPSA) is 160 Å². The number of halogens is 1. The zero-order valence-electron chi connectivity index (χ0n) is 9.79. The van der Waals surface area contributed by atoms with Gasteiger partial charge in [0.15, 0.2) is 0 Å². The molecule has 0 heterocycles. The molecule has 0 amide bonds. The minimum atomic E-state index is -0.598. The van der Waals surface area contributed by atoms with Gasteiger partial charge in [-0.1, -0.05) is 16.4 Å². The molecule has 0 unspecified atom stereocenters. The first-order chi connectivity index (χ1) is 9.06. The van der Waals surface area contributed by atoms with Gasteiger partial charge in [-0.15, -0.1) is 0 Å². The summed E-state index contributed by atoms with van der Waals surface area (Å²) in [6.07, 6.45) is 0. The van der Waals surface area contributed by atoms with E-state index in [2.05, 4.69) is 25.7 Å². The first-order valence-electron chi connectivity index (χ1n) is 5.00. The average molecular weight is 268 g/mol. The van der Waals surface area contributed by atoms with Crippen LogP contribution >= 0.6 is 0 Å². The highest BCUT2D eigenvalue weighted by Gasteiger charge is 2.03. The highest BCUT2D eigenvalue weighted by molar-refractivity contribution is 5.93. The highest BCUT2D eigenvalue weighted by atomic mass is 19.1. The van der Waals surface area contributed by atoms with Gasteiger partial charge in [0, 0.05) is 11.6 Å². The average Bonchev–Trinajstić information content (AvgIpc) is 2.37. The Morgan fingerprint density at radius 2 is 2.16 bits per heavy atom. The van der Waals surface area contributed by atoms with Gasteiger partial charge in [0.05, 0.1) is 6.54 Å². The predicted octanol–water partition coefficient (Wildman–Crippen LogP) is -0.509. The van der Waals surface area contributed by atoms with E-state index in [-0.39, 0.29) is 29.8 Å². The standard InChI is InChI=1S/C9H13FN8O/c10-7-3-6(19)2-1-5(7)4-14-8(11)15-9(16-12)17-18-13/h1-3,19H,4,12H2,(H5,11,13,14,15,16,17). The Labute approximate surface area is 107 Å². The summed E-state index contributed by atoms with van der Waals surface area (Å²) in [5, 5.41) is 15.3. The maximum absolute atomic E-state index is 13.4. The second kappa shape index (κ2) is 6.86. The van der Waals surface area contributed by atoms with Crippen LogP contribution in [0.3, 0.4) is 0 Å². The lowest BCUT2D eigenvalue weighted by atomic mass is 10.2. The lowest BCUT2D eigenvalue weighted by Crippen LogP contribution is -2.30. The molecule has 0 aliphatic carbocycles. The van der Waals surface area contributed by atoms with Crippen LogP contribution in [-0.4, -0.2) is 17.0 Å². The van der Waals surface area contributed by atoms with Gasteiger partial charge in [0.2, 0.25) is 5.96 Å². The van der Waals surface area contributed by atoms with E-state index >= 15 is 0 Å². The Kier molecular flexibility index (Phi) is 5.17. The Morgan fingerprint density at radius 3 is 2.74 bits per heavy atom. The fraction of sp³-hybridized carbons (Fsp3) is 0.111. The van der Waals surface area contributed by atoms with Crippen molar-refractivity contribution in [1.82, 2.24) is 5.43 Å². The van der Waals surface area contributed by atoms with Crippen LogP contribution in [0.4, 0.5) is 4.39 Å². The number of benzene rings is 1. The van der Waals surface area contributed by atoms with Gasteiger partial charge in [0.25, 0.3) is 5.96 Å². The van der Waals surface area contributed by atoms with Crippen LogP contribution in [0.25, 0.3) is 0 Å². The molecule has 1 rings (SSSR count). The quantitative estimate of drug-likeness (QED) is 0.160. The second-order valence-electron chi connectivity index (χ2n) is 3.25. The molecule has 0 radical (unpaired) electrons. The van der Waals surface area contributed by atoms with Crippen LogP contribution in [0.1, 0.15) is 5.56 Å². The number of aliphatic imine (C=N–C) groups is 2. The summed E-state index contributed by atoms with van der Waals surface area (Å²) < 4.78 is 13.4. The van der Waals surface area contributed by atoms with Gasteiger partial charge in [-0.2, -0.15) is 4.99 Å². The molecule has 1 aromatic carbocycles. The van der Waals surface area contributed by atoms with Crippen LogP contribution in [0, 0.1) is 5.82 Å². The molecule has 19 heavy (non-hydrogen) atoms. The Morgan fingerprint density at radius 1 is 1.42 bits per heavy atom. The van der Waals surface area contributed by atoms with Gasteiger partial charge in [-0.05, 0) is 6.07 Å². The van der Waals surface area contributed by atoms with Crippen LogP contribution < -0.4 is 22.8 Å². The smallest absolute Gasteiger partial charge is 0.261 e. The number of phenols is 1. The van der Waals surface area contributed by atoms with Crippen LogP contribution in [0.5, 0.6) is 5.75 Å². The number of nitrogens with one attached hydrogen (secondary N) is 1. The van der Waals surface area contributed by atoms with Crippen molar-refractivity contribution in [1.29, 1.82) is 0 Å². The number of phenolic OH excluding ortho intramolecular Hbond substituents is 1. The largest absolute Gasteiger partial charge is 0.508 e. The summed E-state index contributed by atoms with van der Waals surface area (Å²) in [6.45, 7) is -0.0565. The summed E-state index contributed by atoms with van der Waals surface area (Å²) in [4.78, 5) is 7.45. The van der Waals surface area contributed by atoms with Gasteiger partial charge in [-0.3, -0.25) is 5.43 Å². The second-order valence-corrected chi connectivity index (χ2v) is 3.25. The van der Waals surface area contributed by atoms with Crippen molar-refractivity contribution in [3.05, 3.63) is 29.6 Å². The van der Waals surface area contributed by atoms with E-state index in [1.54, 1.807) is 0 Å². The number of hydrogen-bond donors (Lipinski definition) is 5. The van der Waals surface area contributed by atoms with Crippen molar-refractivity contribution >= 4 is 11.9 Å². The number of hydrogen-bond acceptors (Lipinski definition) is 4. The lowest BCUT2D eigenvalue weighted by Gasteiger charge is -2.01. The third-order valence-corrected chi connectivity index (χ3v) is 1.95. The summed E-state index contributed by atoms with van der Waals surface area (Å²) in [7, 11) is 0. The van der Waals surface area contributed by atoms with Gasteiger partial charge < -0.3 is 16.7 Å². The van der Waals surface area contributed by atoms with E-state index in [9.17, 15) is 4.39 Å². The number of nitrogens with zero attached hydrogens (tertiary/aromatic N) is 4. The molecular formula is C9H13FN8O. The fourth-order valence-corrected chi connectivity index (χ4v) is 1.11. The monoisotopic (exact) mass is 268 g/mol. The van der Waals surface area contributed by atoms with E-state index in [1.165, 1.54) is 12.1 Å². The van der Waals surface area contributed by atoms with Gasteiger partial charge in [0.1, 0.15) is 11.6 Å². The van der Waals surface area contributed by atoms with Crippen LogP contribution in [0.15, 0.2) is 38.5 Å².